The van der Waals surface area contributed by atoms with Crippen molar-refractivity contribution in [1.82, 2.24) is 10.3 Å². The maximum absolute atomic E-state index is 9.05. The molecule has 1 aromatic rings. The molecule has 0 amide bonds. The van der Waals surface area contributed by atoms with Crippen LogP contribution in [-0.4, -0.2) is 27.8 Å². The fourth-order valence-electron chi connectivity index (χ4n) is 1.38. The van der Waals surface area contributed by atoms with Gasteiger partial charge < -0.3 is 15.5 Å². The van der Waals surface area contributed by atoms with E-state index in [1.165, 1.54) is 6.20 Å². The minimum Gasteiger partial charge on any atom is -0.506 e. The van der Waals surface area contributed by atoms with Crippen molar-refractivity contribution in [2.24, 2.45) is 0 Å². The Labute approximate surface area is 90.0 Å². The Balaban J connectivity index is 2.38. The van der Waals surface area contributed by atoms with Gasteiger partial charge in [-0.2, -0.15) is 0 Å². The van der Waals surface area contributed by atoms with Crippen molar-refractivity contribution in [3.05, 3.63) is 24.0 Å². The van der Waals surface area contributed by atoms with Crippen LogP contribution in [0, 0.1) is 0 Å². The van der Waals surface area contributed by atoms with Crippen molar-refractivity contribution in [2.45, 2.75) is 32.4 Å². The van der Waals surface area contributed by atoms with Crippen LogP contribution < -0.4 is 5.32 Å². The van der Waals surface area contributed by atoms with Crippen LogP contribution in [0.3, 0.4) is 0 Å². The molecule has 84 valence electrons. The fraction of sp³-hybridized carbons (Fsp3) is 0.545. The SMILES string of the molecule is CCC(CCO)NCc1ccc(O)cn1. The molecule has 1 rings (SSSR count). The normalized spacial score (nSPS) is 12.7. The Bertz CT molecular complexity index is 274. The quantitative estimate of drug-likeness (QED) is 0.656. The van der Waals surface area contributed by atoms with E-state index in [0.717, 1.165) is 18.5 Å². The zero-order valence-corrected chi connectivity index (χ0v) is 8.98. The first kappa shape index (κ1) is 11.9. The van der Waals surface area contributed by atoms with E-state index in [1.54, 1.807) is 12.1 Å². The smallest absolute Gasteiger partial charge is 0.133 e. The summed E-state index contributed by atoms with van der Waals surface area (Å²) in [6.45, 7) is 2.95. The Morgan fingerprint density at radius 3 is 2.80 bits per heavy atom. The van der Waals surface area contributed by atoms with Crippen LogP contribution in [-0.2, 0) is 6.54 Å². The van der Waals surface area contributed by atoms with E-state index in [9.17, 15) is 0 Å². The number of aromatic hydroxyl groups is 1. The van der Waals surface area contributed by atoms with Crippen LogP contribution in [0.15, 0.2) is 18.3 Å². The van der Waals surface area contributed by atoms with Crippen molar-refractivity contribution in [3.63, 3.8) is 0 Å². The molecule has 0 aliphatic carbocycles. The molecular weight excluding hydrogens is 192 g/mol. The average Bonchev–Trinajstić information content (AvgIpc) is 2.26. The van der Waals surface area contributed by atoms with E-state index < -0.39 is 0 Å². The highest BCUT2D eigenvalue weighted by Crippen LogP contribution is 2.06. The highest BCUT2D eigenvalue weighted by molar-refractivity contribution is 5.17. The van der Waals surface area contributed by atoms with Gasteiger partial charge in [-0.1, -0.05) is 6.92 Å². The second-order valence-electron chi connectivity index (χ2n) is 3.51. The largest absolute Gasteiger partial charge is 0.506 e. The minimum atomic E-state index is 0.182. The van der Waals surface area contributed by atoms with E-state index in [-0.39, 0.29) is 12.4 Å². The van der Waals surface area contributed by atoms with Gasteiger partial charge in [0.1, 0.15) is 5.75 Å². The van der Waals surface area contributed by atoms with E-state index in [2.05, 4.69) is 17.2 Å². The molecule has 0 saturated heterocycles. The molecule has 0 aromatic carbocycles. The maximum atomic E-state index is 9.05. The number of rotatable bonds is 6. The van der Waals surface area contributed by atoms with Gasteiger partial charge in [-0.3, -0.25) is 4.98 Å². The zero-order valence-electron chi connectivity index (χ0n) is 8.98. The van der Waals surface area contributed by atoms with Crippen LogP contribution >= 0.6 is 0 Å². The zero-order chi connectivity index (χ0) is 11.1. The van der Waals surface area contributed by atoms with Gasteiger partial charge in [-0.15, -0.1) is 0 Å². The van der Waals surface area contributed by atoms with Crippen molar-refractivity contribution >= 4 is 0 Å². The summed E-state index contributed by atoms with van der Waals surface area (Å²) in [6, 6.07) is 3.73. The molecule has 1 heterocycles. The van der Waals surface area contributed by atoms with Gasteiger partial charge in [0, 0.05) is 19.2 Å². The Hall–Kier alpha value is -1.13. The molecule has 0 aliphatic heterocycles. The van der Waals surface area contributed by atoms with Crippen molar-refractivity contribution in [3.8, 4) is 5.75 Å². The third kappa shape index (κ3) is 4.27. The monoisotopic (exact) mass is 210 g/mol. The Kier molecular flexibility index (Phi) is 5.07. The maximum Gasteiger partial charge on any atom is 0.133 e. The van der Waals surface area contributed by atoms with Crippen LogP contribution in [0.25, 0.3) is 0 Å². The van der Waals surface area contributed by atoms with Crippen molar-refractivity contribution in [2.75, 3.05) is 6.61 Å². The number of hydrogen-bond donors (Lipinski definition) is 3. The van der Waals surface area contributed by atoms with E-state index in [4.69, 9.17) is 10.2 Å². The standard InChI is InChI=1S/C11H18N2O2/c1-2-9(5-6-14)12-7-10-3-4-11(15)8-13-10/h3-4,8-9,12,14-15H,2,5-7H2,1H3. The van der Waals surface area contributed by atoms with Crippen molar-refractivity contribution in [1.29, 1.82) is 0 Å². The molecule has 1 aromatic heterocycles. The summed E-state index contributed by atoms with van der Waals surface area (Å²) in [4.78, 5) is 4.07. The summed E-state index contributed by atoms with van der Waals surface area (Å²) in [5, 5.41) is 21.2. The second kappa shape index (κ2) is 6.37. The first-order valence-electron chi connectivity index (χ1n) is 5.24. The van der Waals surface area contributed by atoms with Crippen LogP contribution in [0.1, 0.15) is 25.5 Å². The molecule has 3 N–H and O–H groups in total. The first-order chi connectivity index (χ1) is 7.26. The summed E-state index contributed by atoms with van der Waals surface area (Å²) in [5.74, 6) is 0.182. The van der Waals surface area contributed by atoms with Crippen LogP contribution in [0.5, 0.6) is 5.75 Å². The van der Waals surface area contributed by atoms with Crippen LogP contribution in [0.2, 0.25) is 0 Å². The predicted octanol–water partition coefficient (Wildman–Crippen LogP) is 1.04. The van der Waals surface area contributed by atoms with Crippen molar-refractivity contribution < 1.29 is 10.2 Å². The summed E-state index contributed by atoms with van der Waals surface area (Å²) in [7, 11) is 0. The average molecular weight is 210 g/mol. The third-order valence-corrected chi connectivity index (χ3v) is 2.35. The number of hydrogen-bond acceptors (Lipinski definition) is 4. The fourth-order valence-corrected chi connectivity index (χ4v) is 1.38. The highest BCUT2D eigenvalue weighted by atomic mass is 16.3. The Morgan fingerprint density at radius 2 is 2.27 bits per heavy atom. The molecule has 0 saturated carbocycles. The van der Waals surface area contributed by atoms with Gasteiger partial charge in [0.2, 0.25) is 0 Å². The lowest BCUT2D eigenvalue weighted by Gasteiger charge is -2.15. The summed E-state index contributed by atoms with van der Waals surface area (Å²) >= 11 is 0. The second-order valence-corrected chi connectivity index (χ2v) is 3.51. The summed E-state index contributed by atoms with van der Waals surface area (Å²) in [5.41, 5.74) is 0.893. The van der Waals surface area contributed by atoms with Gasteiger partial charge in [0.25, 0.3) is 0 Å². The summed E-state index contributed by atoms with van der Waals surface area (Å²) < 4.78 is 0. The van der Waals surface area contributed by atoms with E-state index in [0.29, 0.717) is 12.6 Å². The molecule has 0 bridgehead atoms. The molecule has 0 spiro atoms. The molecule has 0 fully saturated rings. The van der Waals surface area contributed by atoms with Gasteiger partial charge >= 0.3 is 0 Å². The molecule has 0 aliphatic rings. The molecular formula is C11H18N2O2. The van der Waals surface area contributed by atoms with E-state index >= 15 is 0 Å². The van der Waals surface area contributed by atoms with E-state index in [1.807, 2.05) is 0 Å². The van der Waals surface area contributed by atoms with Gasteiger partial charge in [-0.05, 0) is 25.0 Å². The lowest BCUT2D eigenvalue weighted by molar-refractivity contribution is 0.261. The summed E-state index contributed by atoms with van der Waals surface area (Å²) in [6.07, 6.45) is 3.18. The van der Waals surface area contributed by atoms with Gasteiger partial charge in [0.05, 0.1) is 11.9 Å². The number of nitrogens with one attached hydrogen (secondary N) is 1. The number of aliphatic hydroxyl groups excluding tert-OH is 1. The first-order valence-corrected chi connectivity index (χ1v) is 5.24. The van der Waals surface area contributed by atoms with Gasteiger partial charge in [0.15, 0.2) is 0 Å². The lowest BCUT2D eigenvalue weighted by Crippen LogP contribution is -2.29. The molecule has 4 heteroatoms. The van der Waals surface area contributed by atoms with Gasteiger partial charge in [-0.25, -0.2) is 0 Å². The number of aliphatic hydroxyl groups is 1. The molecule has 1 atom stereocenters. The Morgan fingerprint density at radius 1 is 1.47 bits per heavy atom. The minimum absolute atomic E-state index is 0.182. The predicted molar refractivity (Wildman–Crippen MR) is 58.5 cm³/mol. The molecule has 15 heavy (non-hydrogen) atoms. The topological polar surface area (TPSA) is 65.4 Å². The number of pyridine rings is 1. The highest BCUT2D eigenvalue weighted by Gasteiger charge is 2.04. The number of aromatic nitrogens is 1. The third-order valence-electron chi connectivity index (χ3n) is 2.35. The molecule has 1 unspecified atom stereocenters. The van der Waals surface area contributed by atoms with Crippen LogP contribution in [0.4, 0.5) is 0 Å². The number of nitrogens with zero attached hydrogens (tertiary/aromatic N) is 1. The molecule has 0 radical (unpaired) electrons. The molecule has 4 nitrogen and oxygen atoms in total. The lowest BCUT2D eigenvalue weighted by atomic mass is 10.1.